The van der Waals surface area contributed by atoms with E-state index in [4.69, 9.17) is 10.2 Å². The smallest absolute Gasteiger partial charge is 0.317 e. The third kappa shape index (κ3) is 6.84. The van der Waals surface area contributed by atoms with Gasteiger partial charge in [0.1, 0.15) is 0 Å². The van der Waals surface area contributed by atoms with E-state index in [-0.39, 0.29) is 30.6 Å². The quantitative estimate of drug-likeness (QED) is 0.279. The highest BCUT2D eigenvalue weighted by molar-refractivity contribution is 5.93. The standard InChI is InChI=1S/C19H30O8/c1-2-3-4-5-6-11-7-8-12(9-14(16(20)21)17(22)23)13(11)10-15(18(24)25)19(26)27/h11-15H,2-10H2,1H3,(H,20,21)(H,22,23)(H,24,25)(H,26,27). The number of rotatable bonds is 13. The molecule has 0 bridgehead atoms. The lowest BCUT2D eigenvalue weighted by atomic mass is 9.77. The number of carbonyl (C=O) groups is 4. The zero-order valence-corrected chi connectivity index (χ0v) is 15.7. The minimum Gasteiger partial charge on any atom is -0.481 e. The average molecular weight is 386 g/mol. The van der Waals surface area contributed by atoms with Crippen LogP contribution in [0.4, 0.5) is 0 Å². The van der Waals surface area contributed by atoms with Crippen LogP contribution in [0.15, 0.2) is 0 Å². The number of hydrogen-bond donors (Lipinski definition) is 4. The van der Waals surface area contributed by atoms with Gasteiger partial charge in [-0.1, -0.05) is 39.0 Å². The molecule has 3 unspecified atom stereocenters. The molecule has 0 aromatic rings. The summed E-state index contributed by atoms with van der Waals surface area (Å²) in [6.45, 7) is 2.09. The summed E-state index contributed by atoms with van der Waals surface area (Å²) in [7, 11) is 0. The van der Waals surface area contributed by atoms with Crippen molar-refractivity contribution in [3.8, 4) is 0 Å². The number of unbranched alkanes of at least 4 members (excludes halogenated alkanes) is 3. The molecule has 1 rings (SSSR count). The summed E-state index contributed by atoms with van der Waals surface area (Å²) >= 11 is 0. The Morgan fingerprint density at radius 2 is 1.22 bits per heavy atom. The molecule has 0 heterocycles. The van der Waals surface area contributed by atoms with Gasteiger partial charge in [-0.2, -0.15) is 0 Å². The Balaban J connectivity index is 2.92. The molecular formula is C19H30O8. The first-order chi connectivity index (χ1) is 12.7. The van der Waals surface area contributed by atoms with Crippen LogP contribution >= 0.6 is 0 Å². The van der Waals surface area contributed by atoms with E-state index >= 15 is 0 Å². The second kappa shape index (κ2) is 10.9. The van der Waals surface area contributed by atoms with E-state index < -0.39 is 35.7 Å². The molecule has 27 heavy (non-hydrogen) atoms. The van der Waals surface area contributed by atoms with Crippen LogP contribution in [0.5, 0.6) is 0 Å². The SMILES string of the molecule is CCCCCCC1CCC(CC(C(=O)O)C(=O)O)C1CC(C(=O)O)C(=O)O. The van der Waals surface area contributed by atoms with Crippen molar-refractivity contribution < 1.29 is 39.6 Å². The van der Waals surface area contributed by atoms with Gasteiger partial charge in [0.25, 0.3) is 0 Å². The molecule has 1 aliphatic rings. The molecule has 0 radical (unpaired) electrons. The number of carboxylic acids is 4. The summed E-state index contributed by atoms with van der Waals surface area (Å²) in [5.74, 6) is -9.23. The van der Waals surface area contributed by atoms with Crippen LogP contribution in [0.25, 0.3) is 0 Å². The summed E-state index contributed by atoms with van der Waals surface area (Å²) < 4.78 is 0. The van der Waals surface area contributed by atoms with E-state index in [1.165, 1.54) is 0 Å². The van der Waals surface area contributed by atoms with Crippen LogP contribution in [0.3, 0.4) is 0 Å². The van der Waals surface area contributed by atoms with Crippen LogP contribution in [0.1, 0.15) is 64.7 Å². The van der Waals surface area contributed by atoms with E-state index in [2.05, 4.69) is 6.92 Å². The van der Waals surface area contributed by atoms with Gasteiger partial charge in [-0.3, -0.25) is 19.2 Å². The maximum absolute atomic E-state index is 11.3. The van der Waals surface area contributed by atoms with Crippen molar-refractivity contribution in [2.45, 2.75) is 64.7 Å². The molecule has 0 aliphatic heterocycles. The predicted octanol–water partition coefficient (Wildman–Crippen LogP) is 2.95. The Morgan fingerprint density at radius 3 is 1.70 bits per heavy atom. The van der Waals surface area contributed by atoms with Crippen molar-refractivity contribution in [1.29, 1.82) is 0 Å². The van der Waals surface area contributed by atoms with E-state index in [1.807, 2.05) is 0 Å². The normalized spacial score (nSPS) is 22.3. The fourth-order valence-corrected chi connectivity index (χ4v) is 4.30. The Bertz CT molecular complexity index is 516. The van der Waals surface area contributed by atoms with Crippen LogP contribution in [0, 0.1) is 29.6 Å². The zero-order valence-electron chi connectivity index (χ0n) is 15.7. The van der Waals surface area contributed by atoms with E-state index in [0.29, 0.717) is 6.42 Å². The van der Waals surface area contributed by atoms with Gasteiger partial charge in [-0.15, -0.1) is 0 Å². The fraction of sp³-hybridized carbons (Fsp3) is 0.789. The second-order valence-corrected chi connectivity index (χ2v) is 7.54. The highest BCUT2D eigenvalue weighted by atomic mass is 16.4. The predicted molar refractivity (Wildman–Crippen MR) is 95.2 cm³/mol. The molecule has 1 fully saturated rings. The average Bonchev–Trinajstić information content (AvgIpc) is 2.94. The van der Waals surface area contributed by atoms with E-state index in [1.54, 1.807) is 0 Å². The molecule has 4 N–H and O–H groups in total. The van der Waals surface area contributed by atoms with Gasteiger partial charge in [0.05, 0.1) is 0 Å². The Morgan fingerprint density at radius 1 is 0.741 bits per heavy atom. The van der Waals surface area contributed by atoms with Gasteiger partial charge in [-0.05, 0) is 43.4 Å². The van der Waals surface area contributed by atoms with Gasteiger partial charge in [0, 0.05) is 0 Å². The molecule has 0 saturated heterocycles. The fourth-order valence-electron chi connectivity index (χ4n) is 4.30. The van der Waals surface area contributed by atoms with Crippen molar-refractivity contribution in [2.24, 2.45) is 29.6 Å². The molecule has 0 amide bonds. The molecule has 0 aromatic carbocycles. The molecule has 8 nitrogen and oxygen atoms in total. The highest BCUT2D eigenvalue weighted by Gasteiger charge is 2.43. The first-order valence-corrected chi connectivity index (χ1v) is 9.60. The first-order valence-electron chi connectivity index (χ1n) is 9.60. The van der Waals surface area contributed by atoms with Gasteiger partial charge >= 0.3 is 23.9 Å². The summed E-state index contributed by atoms with van der Waals surface area (Å²) in [6, 6.07) is 0. The highest BCUT2D eigenvalue weighted by Crippen LogP contribution is 2.46. The van der Waals surface area contributed by atoms with Crippen molar-refractivity contribution in [1.82, 2.24) is 0 Å². The molecule has 1 saturated carbocycles. The van der Waals surface area contributed by atoms with E-state index in [0.717, 1.165) is 38.5 Å². The zero-order chi connectivity index (χ0) is 20.6. The molecule has 8 heteroatoms. The van der Waals surface area contributed by atoms with Crippen molar-refractivity contribution in [3.63, 3.8) is 0 Å². The summed E-state index contributed by atoms with van der Waals surface area (Å²) in [6.07, 6.45) is 6.17. The van der Waals surface area contributed by atoms with Crippen molar-refractivity contribution in [2.75, 3.05) is 0 Å². The lowest BCUT2D eigenvalue weighted by Gasteiger charge is -2.27. The molecule has 154 valence electrons. The minimum absolute atomic E-state index is 0.0836. The third-order valence-electron chi connectivity index (χ3n) is 5.79. The molecule has 3 atom stereocenters. The Labute approximate surface area is 158 Å². The maximum Gasteiger partial charge on any atom is 0.317 e. The van der Waals surface area contributed by atoms with Crippen molar-refractivity contribution >= 4 is 23.9 Å². The summed E-state index contributed by atoms with van der Waals surface area (Å²) in [4.78, 5) is 45.1. The van der Waals surface area contributed by atoms with Gasteiger partial charge < -0.3 is 20.4 Å². The number of carboxylic acid groups (broad SMARTS) is 4. The van der Waals surface area contributed by atoms with Crippen molar-refractivity contribution in [3.05, 3.63) is 0 Å². The van der Waals surface area contributed by atoms with Gasteiger partial charge in [0.2, 0.25) is 0 Å². The van der Waals surface area contributed by atoms with Crippen LogP contribution in [-0.2, 0) is 19.2 Å². The third-order valence-corrected chi connectivity index (χ3v) is 5.79. The lowest BCUT2D eigenvalue weighted by Crippen LogP contribution is -2.32. The summed E-state index contributed by atoms with van der Waals surface area (Å²) in [5, 5.41) is 36.7. The lowest BCUT2D eigenvalue weighted by molar-refractivity contribution is -0.158. The topological polar surface area (TPSA) is 149 Å². The van der Waals surface area contributed by atoms with Gasteiger partial charge in [0.15, 0.2) is 11.8 Å². The van der Waals surface area contributed by atoms with E-state index in [9.17, 15) is 29.4 Å². The van der Waals surface area contributed by atoms with Crippen LogP contribution in [0.2, 0.25) is 0 Å². The monoisotopic (exact) mass is 386 g/mol. The molecule has 0 spiro atoms. The molecule has 1 aliphatic carbocycles. The molecule has 0 aromatic heterocycles. The minimum atomic E-state index is -1.55. The number of hydrogen-bond acceptors (Lipinski definition) is 4. The Kier molecular flexibility index (Phi) is 9.25. The van der Waals surface area contributed by atoms with Crippen LogP contribution < -0.4 is 0 Å². The number of aliphatic carboxylic acids is 4. The largest absolute Gasteiger partial charge is 0.481 e. The first kappa shape index (κ1) is 22.9. The van der Waals surface area contributed by atoms with Gasteiger partial charge in [-0.25, -0.2) is 0 Å². The maximum atomic E-state index is 11.3. The van der Waals surface area contributed by atoms with Crippen LogP contribution in [-0.4, -0.2) is 44.3 Å². The summed E-state index contributed by atoms with van der Waals surface area (Å²) in [5.41, 5.74) is 0. The Hall–Kier alpha value is -2.12. The molecular weight excluding hydrogens is 356 g/mol. The second-order valence-electron chi connectivity index (χ2n) is 7.54.